The van der Waals surface area contributed by atoms with Gasteiger partial charge < -0.3 is 36.7 Å². The summed E-state index contributed by atoms with van der Waals surface area (Å²) in [4.78, 5) is 25.5. The summed E-state index contributed by atoms with van der Waals surface area (Å²) in [7, 11) is 0. The molecule has 0 unspecified atom stereocenters. The number of para-hydroxylation sites is 1. The van der Waals surface area contributed by atoms with E-state index >= 15 is 0 Å². The molecule has 0 radical (unpaired) electrons. The maximum atomic E-state index is 14.1. The average molecular weight is 589 g/mol. The highest BCUT2D eigenvalue weighted by molar-refractivity contribution is 6.12. The number of aromatic nitrogens is 1. The van der Waals surface area contributed by atoms with E-state index in [0.29, 0.717) is 33.8 Å². The highest BCUT2D eigenvalue weighted by atomic mass is 19.1. The molecule has 0 bridgehead atoms. The van der Waals surface area contributed by atoms with Crippen LogP contribution in [0.1, 0.15) is 48.7 Å². The number of benzene rings is 3. The molecule has 10 heteroatoms. The fourth-order valence-corrected chi connectivity index (χ4v) is 5.20. The van der Waals surface area contributed by atoms with Gasteiger partial charge in [-0.15, -0.1) is 0 Å². The minimum absolute atomic E-state index is 0.0727. The van der Waals surface area contributed by atoms with E-state index in [2.05, 4.69) is 5.32 Å². The second-order valence-electron chi connectivity index (χ2n) is 10.9. The highest BCUT2D eigenvalue weighted by Gasteiger charge is 2.38. The summed E-state index contributed by atoms with van der Waals surface area (Å²) in [6.45, 7) is 4.10. The molecule has 3 aromatic carbocycles. The standard InChI is InChI=1S/C33H37FN4O5/c1-20(2)29-28(31(41)37-24-11-7-4-8-12-24)27(21-9-5-3-6-10-21)30(22-13-15-23(34)16-14-22)38(29)18-17-25(39)19-26(40)33(35,36)32(42)43/h3-16,20,25-26,39-40H,17-19,35-36H2,1-2H3,(H,37,41)(H,42,43)/t25-,26-/m0/s1. The van der Waals surface area contributed by atoms with Crippen LogP contribution in [0.2, 0.25) is 0 Å². The van der Waals surface area contributed by atoms with Gasteiger partial charge in [0.05, 0.1) is 23.5 Å². The molecule has 0 aliphatic rings. The predicted molar refractivity (Wildman–Crippen MR) is 164 cm³/mol. The second kappa shape index (κ2) is 13.3. The SMILES string of the molecule is CC(C)c1c(C(=O)Nc2ccccc2)c(-c2ccccc2)c(-c2ccc(F)cc2)n1CC[C@H](O)C[C@H](O)C(N)(N)C(=O)O. The molecule has 0 spiro atoms. The summed E-state index contributed by atoms with van der Waals surface area (Å²) in [5.41, 5.74) is 13.2. The van der Waals surface area contributed by atoms with E-state index in [-0.39, 0.29) is 31.2 Å². The summed E-state index contributed by atoms with van der Waals surface area (Å²) >= 11 is 0. The summed E-state index contributed by atoms with van der Waals surface area (Å²) in [5.74, 6) is -2.50. The minimum atomic E-state index is -2.43. The van der Waals surface area contributed by atoms with Crippen molar-refractivity contribution >= 4 is 17.6 Å². The van der Waals surface area contributed by atoms with Crippen LogP contribution >= 0.6 is 0 Å². The topological polar surface area (TPSA) is 164 Å². The third kappa shape index (κ3) is 7.00. The number of nitrogens with one attached hydrogen (secondary N) is 1. The lowest BCUT2D eigenvalue weighted by Gasteiger charge is -2.27. The Bertz CT molecular complexity index is 1550. The van der Waals surface area contributed by atoms with Crippen molar-refractivity contribution < 1.29 is 29.3 Å². The lowest BCUT2D eigenvalue weighted by Crippen LogP contribution is -2.65. The van der Waals surface area contributed by atoms with Crippen molar-refractivity contribution in [2.24, 2.45) is 11.5 Å². The van der Waals surface area contributed by atoms with Gasteiger partial charge in [0.2, 0.25) is 0 Å². The van der Waals surface area contributed by atoms with Crippen molar-refractivity contribution in [2.75, 3.05) is 5.32 Å². The molecule has 0 aliphatic heterocycles. The second-order valence-corrected chi connectivity index (χ2v) is 10.9. The Morgan fingerprint density at radius 1 is 0.907 bits per heavy atom. The first-order chi connectivity index (χ1) is 20.4. The molecular weight excluding hydrogens is 551 g/mol. The first kappa shape index (κ1) is 31.6. The molecule has 0 fully saturated rings. The Hall–Kier alpha value is -4.35. The Morgan fingerprint density at radius 2 is 1.49 bits per heavy atom. The summed E-state index contributed by atoms with van der Waals surface area (Å²) in [6, 6.07) is 24.5. The van der Waals surface area contributed by atoms with Crippen LogP contribution in [0.3, 0.4) is 0 Å². The quantitative estimate of drug-likeness (QED) is 0.132. The smallest absolute Gasteiger partial charge is 0.341 e. The fraction of sp³-hybridized carbons (Fsp3) is 0.273. The van der Waals surface area contributed by atoms with E-state index in [0.717, 1.165) is 5.56 Å². The molecule has 1 aromatic heterocycles. The van der Waals surface area contributed by atoms with Gasteiger partial charge >= 0.3 is 5.97 Å². The number of carbonyl (C=O) groups is 2. The maximum Gasteiger partial charge on any atom is 0.341 e. The summed E-state index contributed by atoms with van der Waals surface area (Å²) in [6.07, 6.45) is -3.19. The molecule has 4 rings (SSSR count). The van der Waals surface area contributed by atoms with Crippen molar-refractivity contribution in [3.8, 4) is 22.4 Å². The number of carboxylic acid groups (broad SMARTS) is 1. The minimum Gasteiger partial charge on any atom is -0.479 e. The van der Waals surface area contributed by atoms with E-state index in [1.807, 2.05) is 66.9 Å². The van der Waals surface area contributed by atoms with E-state index in [1.54, 1.807) is 24.3 Å². The van der Waals surface area contributed by atoms with Crippen molar-refractivity contribution in [3.05, 3.63) is 102 Å². The molecule has 0 saturated carbocycles. The largest absolute Gasteiger partial charge is 0.479 e. The number of aliphatic hydroxyl groups is 2. The van der Waals surface area contributed by atoms with Crippen molar-refractivity contribution in [1.29, 1.82) is 0 Å². The average Bonchev–Trinajstić information content (AvgIpc) is 3.33. The number of carbonyl (C=O) groups excluding carboxylic acids is 1. The summed E-state index contributed by atoms with van der Waals surface area (Å²) < 4.78 is 16.0. The van der Waals surface area contributed by atoms with Crippen LogP contribution in [-0.4, -0.2) is 49.6 Å². The number of aliphatic carboxylic acids is 1. The van der Waals surface area contributed by atoms with Gasteiger partial charge in [-0.3, -0.25) is 4.79 Å². The Labute approximate surface area is 249 Å². The van der Waals surface area contributed by atoms with Gasteiger partial charge in [0.1, 0.15) is 5.82 Å². The first-order valence-corrected chi connectivity index (χ1v) is 14.0. The molecule has 226 valence electrons. The Kier molecular flexibility index (Phi) is 9.77. The van der Waals surface area contributed by atoms with Gasteiger partial charge in [0, 0.05) is 29.9 Å². The predicted octanol–water partition coefficient (Wildman–Crippen LogP) is 4.54. The molecule has 9 nitrogen and oxygen atoms in total. The van der Waals surface area contributed by atoms with Crippen LogP contribution in [-0.2, 0) is 11.3 Å². The normalized spacial score (nSPS) is 13.1. The highest BCUT2D eigenvalue weighted by Crippen LogP contribution is 2.42. The molecule has 4 aromatic rings. The van der Waals surface area contributed by atoms with Crippen LogP contribution in [0.15, 0.2) is 84.9 Å². The van der Waals surface area contributed by atoms with E-state index < -0.39 is 29.7 Å². The van der Waals surface area contributed by atoms with E-state index in [9.17, 15) is 29.3 Å². The van der Waals surface area contributed by atoms with Gasteiger partial charge in [-0.2, -0.15) is 0 Å². The fourth-order valence-electron chi connectivity index (χ4n) is 5.20. The number of aliphatic hydroxyl groups excluding tert-OH is 2. The number of nitrogens with two attached hydrogens (primary N) is 2. The molecule has 43 heavy (non-hydrogen) atoms. The third-order valence-electron chi connectivity index (χ3n) is 7.39. The van der Waals surface area contributed by atoms with Gasteiger partial charge in [-0.05, 0) is 59.9 Å². The molecular formula is C33H37FN4O5. The third-order valence-corrected chi connectivity index (χ3v) is 7.39. The van der Waals surface area contributed by atoms with Gasteiger partial charge in [0.25, 0.3) is 5.91 Å². The number of amides is 1. The van der Waals surface area contributed by atoms with Crippen LogP contribution in [0.5, 0.6) is 0 Å². The van der Waals surface area contributed by atoms with Crippen molar-refractivity contribution in [3.63, 3.8) is 0 Å². The number of hydrogen-bond donors (Lipinski definition) is 6. The number of nitrogens with zero attached hydrogens (tertiary/aromatic N) is 1. The molecule has 0 saturated heterocycles. The maximum absolute atomic E-state index is 14.1. The number of halogens is 1. The van der Waals surface area contributed by atoms with Crippen LogP contribution in [0.25, 0.3) is 22.4 Å². The van der Waals surface area contributed by atoms with Crippen molar-refractivity contribution in [2.45, 2.75) is 57.0 Å². The molecule has 1 amide bonds. The monoisotopic (exact) mass is 588 g/mol. The Balaban J connectivity index is 1.88. The molecule has 0 aliphatic carbocycles. The van der Waals surface area contributed by atoms with Gasteiger partial charge in [-0.25, -0.2) is 9.18 Å². The van der Waals surface area contributed by atoms with Crippen molar-refractivity contribution in [1.82, 2.24) is 4.57 Å². The van der Waals surface area contributed by atoms with Crippen LogP contribution < -0.4 is 16.8 Å². The zero-order valence-electron chi connectivity index (χ0n) is 24.1. The number of rotatable bonds is 12. The zero-order valence-corrected chi connectivity index (χ0v) is 24.1. The van der Waals surface area contributed by atoms with E-state index in [4.69, 9.17) is 11.5 Å². The molecule has 8 N–H and O–H groups in total. The number of hydrogen-bond acceptors (Lipinski definition) is 6. The van der Waals surface area contributed by atoms with Crippen LogP contribution in [0.4, 0.5) is 10.1 Å². The molecule has 1 heterocycles. The van der Waals surface area contributed by atoms with E-state index in [1.165, 1.54) is 12.1 Å². The Morgan fingerprint density at radius 3 is 2.05 bits per heavy atom. The lowest BCUT2D eigenvalue weighted by atomic mass is 9.94. The molecule has 2 atom stereocenters. The lowest BCUT2D eigenvalue weighted by molar-refractivity contribution is -0.148. The van der Waals surface area contributed by atoms with Gasteiger partial charge in [-0.1, -0.05) is 62.4 Å². The number of anilines is 1. The number of carboxylic acids is 1. The summed E-state index contributed by atoms with van der Waals surface area (Å²) in [5, 5.41) is 33.4. The van der Waals surface area contributed by atoms with Gasteiger partial charge in [0.15, 0.2) is 5.66 Å². The van der Waals surface area contributed by atoms with Crippen LogP contribution in [0, 0.1) is 5.82 Å². The zero-order chi connectivity index (χ0) is 31.3. The first-order valence-electron chi connectivity index (χ1n) is 14.0.